The maximum Gasteiger partial charge on any atom is 0.408 e. The van der Waals surface area contributed by atoms with E-state index in [1.807, 2.05) is 5.32 Å². The van der Waals surface area contributed by atoms with Crippen molar-refractivity contribution in [2.75, 3.05) is 12.4 Å². The van der Waals surface area contributed by atoms with Gasteiger partial charge in [-0.2, -0.15) is 13.2 Å². The standard InChI is InChI=1S/C30H31F5N4O6/c1-6-23(30(33,34)35)36-16-10-20(31)25(21(32)11-16)26(40)37-22(28(42)44-5)9-15-7-8-17(19-13-45-12-18(15)19)24-14(2)38(3)29(43)39(4)27(24)41/h7-8,10-11,22-23,36H,6,9,12-13H2,1-5H3,(H,37,40)/t22-,23+/m0/s1. The number of hydrogen-bond acceptors (Lipinski definition) is 7. The van der Waals surface area contributed by atoms with Gasteiger partial charge in [0.2, 0.25) is 0 Å². The van der Waals surface area contributed by atoms with Crippen LogP contribution in [-0.4, -0.2) is 46.4 Å². The number of alkyl halides is 3. The monoisotopic (exact) mass is 638 g/mol. The van der Waals surface area contributed by atoms with Crippen molar-refractivity contribution >= 4 is 17.6 Å². The first kappa shape index (κ1) is 33.4. The first-order valence-corrected chi connectivity index (χ1v) is 13.8. The minimum Gasteiger partial charge on any atom is -0.467 e. The zero-order valence-electron chi connectivity index (χ0n) is 25.0. The van der Waals surface area contributed by atoms with Crippen LogP contribution in [0, 0.1) is 18.6 Å². The number of carbonyl (C=O) groups excluding carboxylic acids is 2. The van der Waals surface area contributed by atoms with Crippen molar-refractivity contribution in [1.29, 1.82) is 0 Å². The van der Waals surface area contributed by atoms with Crippen molar-refractivity contribution in [3.8, 4) is 11.1 Å². The molecule has 0 fully saturated rings. The number of anilines is 1. The quantitative estimate of drug-likeness (QED) is 0.271. The number of rotatable bonds is 9. The molecule has 0 spiro atoms. The number of hydrogen-bond donors (Lipinski definition) is 2. The number of amides is 1. The molecule has 1 aromatic heterocycles. The minimum absolute atomic E-state index is 0.0971. The normalized spacial score (nSPS) is 14.1. The van der Waals surface area contributed by atoms with Gasteiger partial charge in [-0.3, -0.25) is 14.2 Å². The molecule has 45 heavy (non-hydrogen) atoms. The molecular formula is C30H31F5N4O6. The Kier molecular flexibility index (Phi) is 9.51. The molecule has 1 aliphatic heterocycles. The Morgan fingerprint density at radius 3 is 2.24 bits per heavy atom. The summed E-state index contributed by atoms with van der Waals surface area (Å²) in [7, 11) is 3.96. The highest BCUT2D eigenvalue weighted by Crippen LogP contribution is 2.34. The highest BCUT2D eigenvalue weighted by molar-refractivity contribution is 5.97. The van der Waals surface area contributed by atoms with Gasteiger partial charge in [0.1, 0.15) is 29.3 Å². The summed E-state index contributed by atoms with van der Waals surface area (Å²) in [5.41, 5.74) is 0.382. The lowest BCUT2D eigenvalue weighted by Crippen LogP contribution is -2.43. The molecule has 4 rings (SSSR count). The molecule has 2 aromatic carbocycles. The Balaban J connectivity index is 1.65. The summed E-state index contributed by atoms with van der Waals surface area (Å²) in [5.74, 6) is -5.14. The second-order valence-corrected chi connectivity index (χ2v) is 10.6. The zero-order chi connectivity index (χ0) is 33.4. The summed E-state index contributed by atoms with van der Waals surface area (Å²) in [5, 5.41) is 4.27. The van der Waals surface area contributed by atoms with Crippen LogP contribution in [-0.2, 0) is 48.0 Å². The van der Waals surface area contributed by atoms with E-state index in [1.54, 1.807) is 19.1 Å². The van der Waals surface area contributed by atoms with Crippen molar-refractivity contribution in [2.45, 2.75) is 58.2 Å². The number of methoxy groups -OCH3 is 1. The number of halogens is 5. The predicted molar refractivity (Wildman–Crippen MR) is 153 cm³/mol. The molecule has 0 saturated carbocycles. The number of ether oxygens (including phenoxy) is 2. The SMILES string of the molecule is CC[C@@H](Nc1cc(F)c(C(=O)N[C@@H](Cc2ccc(-c3c(C)n(C)c(=O)n(C)c3=O)c3c2COC3)C(=O)OC)c(F)c1)C(F)(F)F. The summed E-state index contributed by atoms with van der Waals surface area (Å²) in [6.45, 7) is 3.09. The van der Waals surface area contributed by atoms with E-state index < -0.39 is 70.7 Å². The topological polar surface area (TPSA) is 121 Å². The van der Waals surface area contributed by atoms with E-state index in [1.165, 1.54) is 25.6 Å². The van der Waals surface area contributed by atoms with Crippen molar-refractivity contribution < 1.29 is 41.0 Å². The average Bonchev–Trinajstić information content (AvgIpc) is 3.48. The molecule has 0 unspecified atom stereocenters. The van der Waals surface area contributed by atoms with Gasteiger partial charge in [-0.1, -0.05) is 19.1 Å². The Morgan fingerprint density at radius 2 is 1.67 bits per heavy atom. The van der Waals surface area contributed by atoms with Gasteiger partial charge in [-0.05, 0) is 47.7 Å². The molecule has 0 radical (unpaired) electrons. The summed E-state index contributed by atoms with van der Waals surface area (Å²) < 4.78 is 82.0. The second-order valence-electron chi connectivity index (χ2n) is 10.6. The molecular weight excluding hydrogens is 607 g/mol. The molecule has 0 bridgehead atoms. The highest BCUT2D eigenvalue weighted by atomic mass is 19.4. The second kappa shape index (κ2) is 12.8. The van der Waals surface area contributed by atoms with Crippen LogP contribution < -0.4 is 21.9 Å². The van der Waals surface area contributed by atoms with Crippen LogP contribution >= 0.6 is 0 Å². The van der Waals surface area contributed by atoms with Crippen LogP contribution in [0.3, 0.4) is 0 Å². The van der Waals surface area contributed by atoms with Crippen molar-refractivity contribution in [1.82, 2.24) is 14.5 Å². The lowest BCUT2D eigenvalue weighted by molar-refractivity contribution is -0.143. The number of fused-ring (bicyclic) bond motifs is 1. The molecule has 10 nitrogen and oxygen atoms in total. The Bertz CT molecular complexity index is 1760. The van der Waals surface area contributed by atoms with Crippen molar-refractivity contribution in [3.63, 3.8) is 0 Å². The van der Waals surface area contributed by atoms with Crippen LogP contribution in [0.1, 0.15) is 46.1 Å². The zero-order valence-corrected chi connectivity index (χ0v) is 25.0. The largest absolute Gasteiger partial charge is 0.467 e. The predicted octanol–water partition coefficient (Wildman–Crippen LogP) is 3.63. The molecule has 1 amide bonds. The van der Waals surface area contributed by atoms with E-state index in [9.17, 15) is 41.1 Å². The molecule has 242 valence electrons. The maximum absolute atomic E-state index is 14.9. The Hall–Kier alpha value is -4.53. The first-order valence-electron chi connectivity index (χ1n) is 13.8. The molecule has 2 heterocycles. The fraction of sp³-hybridized carbons (Fsp3) is 0.400. The minimum atomic E-state index is -4.68. The van der Waals surface area contributed by atoms with Crippen LogP contribution in [0.5, 0.6) is 0 Å². The van der Waals surface area contributed by atoms with Gasteiger partial charge >= 0.3 is 17.8 Å². The lowest BCUT2D eigenvalue weighted by atomic mass is 9.90. The summed E-state index contributed by atoms with van der Waals surface area (Å²) in [6.07, 6.45) is -5.28. The van der Waals surface area contributed by atoms with Crippen LogP contribution in [0.15, 0.2) is 33.9 Å². The third-order valence-electron chi connectivity index (χ3n) is 7.88. The Labute approximate surface area is 253 Å². The maximum atomic E-state index is 14.9. The summed E-state index contributed by atoms with van der Waals surface area (Å²) >= 11 is 0. The van der Waals surface area contributed by atoms with Crippen LogP contribution in [0.2, 0.25) is 0 Å². The van der Waals surface area contributed by atoms with Gasteiger partial charge in [-0.15, -0.1) is 0 Å². The molecule has 2 atom stereocenters. The summed E-state index contributed by atoms with van der Waals surface area (Å²) in [4.78, 5) is 51.1. The first-order chi connectivity index (χ1) is 21.1. The van der Waals surface area contributed by atoms with Gasteiger partial charge in [-0.25, -0.2) is 18.4 Å². The number of nitrogens with one attached hydrogen (secondary N) is 2. The van der Waals surface area contributed by atoms with E-state index in [-0.39, 0.29) is 25.2 Å². The number of benzene rings is 2. The van der Waals surface area contributed by atoms with Crippen molar-refractivity contribution in [2.24, 2.45) is 14.1 Å². The molecule has 2 N–H and O–H groups in total. The fourth-order valence-electron chi connectivity index (χ4n) is 5.30. The summed E-state index contributed by atoms with van der Waals surface area (Å²) in [6, 6.07) is 0.862. The van der Waals surface area contributed by atoms with Gasteiger partial charge in [0.25, 0.3) is 11.5 Å². The molecule has 0 saturated heterocycles. The van der Waals surface area contributed by atoms with Gasteiger partial charge in [0.05, 0.1) is 25.9 Å². The molecule has 3 aromatic rings. The highest BCUT2D eigenvalue weighted by Gasteiger charge is 2.38. The third kappa shape index (κ3) is 6.48. The average molecular weight is 639 g/mol. The van der Waals surface area contributed by atoms with E-state index in [2.05, 4.69) is 5.32 Å². The van der Waals surface area contributed by atoms with Gasteiger partial charge < -0.3 is 24.7 Å². The number of aromatic nitrogens is 2. The van der Waals surface area contributed by atoms with E-state index in [4.69, 9.17) is 9.47 Å². The fourth-order valence-corrected chi connectivity index (χ4v) is 5.30. The molecule has 15 heteroatoms. The smallest absolute Gasteiger partial charge is 0.408 e. The van der Waals surface area contributed by atoms with E-state index in [0.717, 1.165) is 11.7 Å². The third-order valence-corrected chi connectivity index (χ3v) is 7.88. The Morgan fingerprint density at radius 1 is 1.04 bits per heavy atom. The number of esters is 1. The van der Waals surface area contributed by atoms with Crippen molar-refractivity contribution in [3.05, 3.63) is 84.7 Å². The lowest BCUT2D eigenvalue weighted by Gasteiger charge is -2.22. The van der Waals surface area contributed by atoms with Crippen LogP contribution in [0.25, 0.3) is 11.1 Å². The molecule has 1 aliphatic rings. The van der Waals surface area contributed by atoms with E-state index in [0.29, 0.717) is 40.1 Å². The molecule has 0 aliphatic carbocycles. The number of carbonyl (C=O) groups is 2. The van der Waals surface area contributed by atoms with Gasteiger partial charge in [0, 0.05) is 31.9 Å². The van der Waals surface area contributed by atoms with E-state index >= 15 is 0 Å². The van der Waals surface area contributed by atoms with Crippen LogP contribution in [0.4, 0.5) is 27.6 Å². The van der Waals surface area contributed by atoms with Gasteiger partial charge in [0.15, 0.2) is 0 Å². The number of nitrogens with zero attached hydrogens (tertiary/aromatic N) is 2.